The van der Waals surface area contributed by atoms with E-state index in [0.29, 0.717) is 18.9 Å². The van der Waals surface area contributed by atoms with Crippen LogP contribution < -0.4 is 4.74 Å². The summed E-state index contributed by atoms with van der Waals surface area (Å²) in [6, 6.07) is 3.02. The van der Waals surface area contributed by atoms with Crippen molar-refractivity contribution in [3.63, 3.8) is 0 Å². The van der Waals surface area contributed by atoms with Crippen molar-refractivity contribution in [3.05, 3.63) is 27.7 Å². The molecule has 0 fully saturated rings. The highest BCUT2D eigenvalue weighted by molar-refractivity contribution is 6.40. The van der Waals surface area contributed by atoms with Crippen LogP contribution in [0.2, 0.25) is 10.0 Å². The Morgan fingerprint density at radius 1 is 1.41 bits per heavy atom. The van der Waals surface area contributed by atoms with E-state index < -0.39 is 5.97 Å². The first kappa shape index (κ1) is 14.1. The monoisotopic (exact) mass is 277 g/mol. The summed E-state index contributed by atoms with van der Waals surface area (Å²) in [7, 11) is 3.82. The second kappa shape index (κ2) is 6.10. The first-order valence-electron chi connectivity index (χ1n) is 4.92. The van der Waals surface area contributed by atoms with Crippen LogP contribution >= 0.6 is 23.2 Å². The Morgan fingerprint density at radius 3 is 2.59 bits per heavy atom. The Labute approximate surface area is 110 Å². The second-order valence-electron chi connectivity index (χ2n) is 3.69. The third kappa shape index (κ3) is 3.77. The van der Waals surface area contributed by atoms with E-state index in [0.717, 1.165) is 0 Å². The van der Waals surface area contributed by atoms with Gasteiger partial charge in [0.2, 0.25) is 0 Å². The van der Waals surface area contributed by atoms with Crippen molar-refractivity contribution in [2.45, 2.75) is 0 Å². The number of hydrogen-bond acceptors (Lipinski definition) is 3. The average Bonchev–Trinajstić information content (AvgIpc) is 2.20. The van der Waals surface area contributed by atoms with Gasteiger partial charge in [-0.25, -0.2) is 4.79 Å². The van der Waals surface area contributed by atoms with E-state index >= 15 is 0 Å². The van der Waals surface area contributed by atoms with E-state index in [1.54, 1.807) is 6.07 Å². The molecule has 0 aliphatic rings. The molecule has 0 bridgehead atoms. The number of rotatable bonds is 5. The zero-order valence-electron chi connectivity index (χ0n) is 9.54. The summed E-state index contributed by atoms with van der Waals surface area (Å²) in [5.41, 5.74) is -0.129. The lowest BCUT2D eigenvalue weighted by Crippen LogP contribution is -2.19. The SMILES string of the molecule is CN(C)CCOc1ccc(Cl)c(C(=O)O)c1Cl. The van der Waals surface area contributed by atoms with Gasteiger partial charge in [0, 0.05) is 6.54 Å². The summed E-state index contributed by atoms with van der Waals surface area (Å²) in [6.07, 6.45) is 0. The van der Waals surface area contributed by atoms with Crippen LogP contribution in [-0.2, 0) is 0 Å². The van der Waals surface area contributed by atoms with E-state index in [1.165, 1.54) is 6.07 Å². The molecule has 17 heavy (non-hydrogen) atoms. The maximum Gasteiger partial charge on any atom is 0.338 e. The molecule has 6 heteroatoms. The zero-order chi connectivity index (χ0) is 13.0. The highest BCUT2D eigenvalue weighted by Crippen LogP contribution is 2.33. The fourth-order valence-electron chi connectivity index (χ4n) is 1.18. The normalized spacial score (nSPS) is 10.6. The molecule has 0 unspecified atom stereocenters. The summed E-state index contributed by atoms with van der Waals surface area (Å²) in [5.74, 6) is -0.839. The van der Waals surface area contributed by atoms with Crippen molar-refractivity contribution in [2.75, 3.05) is 27.2 Å². The van der Waals surface area contributed by atoms with Crippen molar-refractivity contribution in [3.8, 4) is 5.75 Å². The molecule has 0 aliphatic carbocycles. The first-order valence-corrected chi connectivity index (χ1v) is 5.68. The number of nitrogens with zero attached hydrogens (tertiary/aromatic N) is 1. The van der Waals surface area contributed by atoms with E-state index in [1.807, 2.05) is 19.0 Å². The summed E-state index contributed by atoms with van der Waals surface area (Å²) < 4.78 is 5.40. The fourth-order valence-corrected chi connectivity index (χ4v) is 1.77. The third-order valence-corrected chi connectivity index (χ3v) is 2.76. The smallest absolute Gasteiger partial charge is 0.338 e. The molecular weight excluding hydrogens is 265 g/mol. The van der Waals surface area contributed by atoms with Crippen molar-refractivity contribution >= 4 is 29.2 Å². The van der Waals surface area contributed by atoms with Crippen LogP contribution in [-0.4, -0.2) is 43.2 Å². The van der Waals surface area contributed by atoms with Gasteiger partial charge in [-0.2, -0.15) is 0 Å². The van der Waals surface area contributed by atoms with Gasteiger partial charge >= 0.3 is 5.97 Å². The Bertz CT molecular complexity index is 421. The van der Waals surface area contributed by atoms with Crippen LogP contribution in [0.3, 0.4) is 0 Å². The van der Waals surface area contributed by atoms with E-state index in [4.69, 9.17) is 33.0 Å². The number of ether oxygens (including phenoxy) is 1. The lowest BCUT2D eigenvalue weighted by Gasteiger charge is -2.13. The van der Waals surface area contributed by atoms with Crippen LogP contribution in [0.15, 0.2) is 12.1 Å². The van der Waals surface area contributed by atoms with Gasteiger partial charge in [0.05, 0.1) is 10.0 Å². The lowest BCUT2D eigenvalue weighted by molar-refractivity contribution is 0.0696. The van der Waals surface area contributed by atoms with E-state index in [9.17, 15) is 4.79 Å². The molecule has 1 N–H and O–H groups in total. The van der Waals surface area contributed by atoms with Crippen molar-refractivity contribution < 1.29 is 14.6 Å². The molecule has 0 amide bonds. The molecule has 0 atom stereocenters. The molecule has 1 aromatic carbocycles. The minimum absolute atomic E-state index is 0.0313. The average molecular weight is 278 g/mol. The summed E-state index contributed by atoms with van der Waals surface area (Å²) in [5, 5.41) is 9.08. The van der Waals surface area contributed by atoms with Gasteiger partial charge in [0.1, 0.15) is 17.9 Å². The molecule has 94 valence electrons. The number of carboxylic acid groups (broad SMARTS) is 1. The quantitative estimate of drug-likeness (QED) is 0.899. The number of benzene rings is 1. The fraction of sp³-hybridized carbons (Fsp3) is 0.364. The highest BCUT2D eigenvalue weighted by Gasteiger charge is 2.17. The standard InChI is InChI=1S/C11H13Cl2NO3/c1-14(2)5-6-17-8-4-3-7(12)9(10(8)13)11(15)16/h3-4H,5-6H2,1-2H3,(H,15,16). The Balaban J connectivity index is 2.87. The van der Waals surface area contributed by atoms with Crippen molar-refractivity contribution in [2.24, 2.45) is 0 Å². The number of carboxylic acids is 1. The predicted octanol–water partition coefficient (Wildman–Crippen LogP) is 2.63. The molecule has 0 heterocycles. The Morgan fingerprint density at radius 2 is 2.06 bits per heavy atom. The molecule has 0 aliphatic heterocycles. The van der Waals surface area contributed by atoms with Gasteiger partial charge in [-0.1, -0.05) is 23.2 Å². The molecule has 0 radical (unpaired) electrons. The summed E-state index contributed by atoms with van der Waals surface area (Å²) >= 11 is 11.7. The second-order valence-corrected chi connectivity index (χ2v) is 4.48. The van der Waals surface area contributed by atoms with E-state index in [2.05, 4.69) is 0 Å². The van der Waals surface area contributed by atoms with Crippen molar-refractivity contribution in [1.29, 1.82) is 0 Å². The summed E-state index contributed by atoms with van der Waals surface area (Å²) in [4.78, 5) is 12.9. The zero-order valence-corrected chi connectivity index (χ0v) is 11.0. The number of halogens is 2. The Kier molecular flexibility index (Phi) is 5.05. The number of aromatic carboxylic acids is 1. The van der Waals surface area contributed by atoms with Gasteiger partial charge in [-0.15, -0.1) is 0 Å². The van der Waals surface area contributed by atoms with E-state index in [-0.39, 0.29) is 15.6 Å². The van der Waals surface area contributed by atoms with Gasteiger partial charge < -0.3 is 14.7 Å². The van der Waals surface area contributed by atoms with Crippen LogP contribution in [0.25, 0.3) is 0 Å². The highest BCUT2D eigenvalue weighted by atomic mass is 35.5. The minimum atomic E-state index is -1.17. The lowest BCUT2D eigenvalue weighted by atomic mass is 10.2. The molecule has 0 saturated carbocycles. The minimum Gasteiger partial charge on any atom is -0.491 e. The van der Waals surface area contributed by atoms with Crippen molar-refractivity contribution in [1.82, 2.24) is 4.90 Å². The van der Waals surface area contributed by atoms with Gasteiger partial charge in [-0.05, 0) is 26.2 Å². The molecule has 4 nitrogen and oxygen atoms in total. The first-order chi connectivity index (χ1) is 7.93. The largest absolute Gasteiger partial charge is 0.491 e. The summed E-state index contributed by atoms with van der Waals surface area (Å²) in [6.45, 7) is 1.13. The molecule has 1 rings (SSSR count). The van der Waals surface area contributed by atoms with Gasteiger partial charge in [0.15, 0.2) is 0 Å². The molecule has 1 aromatic rings. The number of likely N-dealkylation sites (N-methyl/N-ethyl adjacent to an activating group) is 1. The number of carbonyl (C=O) groups is 1. The molecule has 0 aromatic heterocycles. The Hall–Kier alpha value is -0.970. The number of hydrogen-bond donors (Lipinski definition) is 1. The maximum atomic E-state index is 10.9. The van der Waals surface area contributed by atoms with Crippen LogP contribution in [0.4, 0.5) is 0 Å². The van der Waals surface area contributed by atoms with Gasteiger partial charge in [0.25, 0.3) is 0 Å². The van der Waals surface area contributed by atoms with Crippen LogP contribution in [0, 0.1) is 0 Å². The third-order valence-electron chi connectivity index (χ3n) is 2.07. The topological polar surface area (TPSA) is 49.8 Å². The van der Waals surface area contributed by atoms with Crippen LogP contribution in [0.1, 0.15) is 10.4 Å². The van der Waals surface area contributed by atoms with Crippen LogP contribution in [0.5, 0.6) is 5.75 Å². The maximum absolute atomic E-state index is 10.9. The predicted molar refractivity (Wildman–Crippen MR) is 67.5 cm³/mol. The molecule has 0 spiro atoms. The van der Waals surface area contributed by atoms with Gasteiger partial charge in [-0.3, -0.25) is 0 Å². The molecular formula is C11H13Cl2NO3. The molecule has 0 saturated heterocycles.